The number of nitrogens with two attached hydrogens (primary N) is 1. The van der Waals surface area contributed by atoms with E-state index in [1.165, 1.54) is 36.6 Å². The van der Waals surface area contributed by atoms with Gasteiger partial charge in [-0.2, -0.15) is 0 Å². The second-order valence-corrected chi connectivity index (χ2v) is 11.1. The Morgan fingerprint density at radius 3 is 2.50 bits per heavy atom. The number of hydrogen-bond donors (Lipinski definition) is 8. The van der Waals surface area contributed by atoms with Crippen LogP contribution in [0.4, 0.5) is 0 Å². The number of phenolic OH excluding ortho intramolecular Hbond substituents is 1. The van der Waals surface area contributed by atoms with Gasteiger partial charge in [-0.05, 0) is 41.7 Å². The lowest BCUT2D eigenvalue weighted by Gasteiger charge is -2.47. The van der Waals surface area contributed by atoms with Crippen LogP contribution in [0.3, 0.4) is 0 Å². The van der Waals surface area contributed by atoms with Crippen LogP contribution < -0.4 is 26.5 Å². The number of guanidine groups is 1. The summed E-state index contributed by atoms with van der Waals surface area (Å²) in [6.07, 6.45) is -6.33. The summed E-state index contributed by atoms with van der Waals surface area (Å²) in [4.78, 5) is 28.8. The highest BCUT2D eigenvalue weighted by atomic mass is 16.7. The first-order valence-corrected chi connectivity index (χ1v) is 14.0. The zero-order valence-electron chi connectivity index (χ0n) is 24.5. The molecule has 6 atom stereocenters. The quantitative estimate of drug-likeness (QED) is 0.107. The van der Waals surface area contributed by atoms with Crippen molar-refractivity contribution in [1.29, 1.82) is 0 Å². The second kappa shape index (κ2) is 13.6. The van der Waals surface area contributed by atoms with Crippen LogP contribution in [0.25, 0.3) is 22.1 Å². The molecule has 1 fully saturated rings. The fourth-order valence-electron chi connectivity index (χ4n) is 4.92. The van der Waals surface area contributed by atoms with Crippen molar-refractivity contribution >= 4 is 22.9 Å². The van der Waals surface area contributed by atoms with Gasteiger partial charge in [0.15, 0.2) is 23.1 Å². The number of aliphatic carboxylic acids is 1. The van der Waals surface area contributed by atoms with Gasteiger partial charge in [-0.15, -0.1) is 0 Å². The molecule has 1 saturated heterocycles. The van der Waals surface area contributed by atoms with Gasteiger partial charge in [0.2, 0.25) is 6.29 Å². The molecule has 0 unspecified atom stereocenters. The van der Waals surface area contributed by atoms with Gasteiger partial charge >= 0.3 is 5.97 Å². The fourth-order valence-corrected chi connectivity index (χ4v) is 4.92. The molecule has 1 aromatic heterocycles. The molecule has 14 nitrogen and oxygen atoms in total. The van der Waals surface area contributed by atoms with Crippen LogP contribution in [0.1, 0.15) is 13.8 Å². The maximum Gasteiger partial charge on any atom is 0.335 e. The van der Waals surface area contributed by atoms with Crippen molar-refractivity contribution in [2.24, 2.45) is 22.6 Å². The monoisotopic (exact) mass is 614 g/mol. The van der Waals surface area contributed by atoms with Crippen LogP contribution in [0.5, 0.6) is 11.5 Å². The van der Waals surface area contributed by atoms with E-state index in [1.54, 1.807) is 19.2 Å². The minimum Gasteiger partial charge on any atom is -0.508 e. The molecule has 238 valence electrons. The summed E-state index contributed by atoms with van der Waals surface area (Å²) in [7, 11) is 1.55. The van der Waals surface area contributed by atoms with Crippen molar-refractivity contribution in [3.63, 3.8) is 0 Å². The molecule has 1 aliphatic rings. The van der Waals surface area contributed by atoms with Crippen LogP contribution in [0.2, 0.25) is 0 Å². The third-order valence-electron chi connectivity index (χ3n) is 7.78. The summed E-state index contributed by atoms with van der Waals surface area (Å²) in [5, 5.41) is 58.5. The number of carbonyl (C=O) groups is 1. The van der Waals surface area contributed by atoms with Gasteiger partial charge in [-0.3, -0.25) is 9.79 Å². The summed E-state index contributed by atoms with van der Waals surface area (Å²) >= 11 is 0. The maximum absolute atomic E-state index is 13.2. The zero-order chi connectivity index (χ0) is 32.2. The topological polar surface area (TPSA) is 229 Å². The Labute approximate surface area is 252 Å². The van der Waals surface area contributed by atoms with Crippen molar-refractivity contribution in [1.82, 2.24) is 10.6 Å². The standard InChI is InChI=1S/C30H38N4O10/c1-15(2)17(12-34-29(31)32-3)11-33-14-30(41)26(38)24(37)25(27(39)40)44-28(30)43-19-8-9-20-22(10-19)42-13-21(23(20)36)16-4-6-18(35)7-5-16/h4-10,13,15,17,24-26,28,33,35,37-38,41H,11-12,14H2,1-3H3,(H,39,40)(H3,31,32,34)/t17-,24+,25-,26-,28+,30+/m0/s1. The molecule has 14 heteroatoms. The molecule has 0 bridgehead atoms. The Balaban J connectivity index is 1.58. The highest BCUT2D eigenvalue weighted by Crippen LogP contribution is 2.33. The number of rotatable bonds is 11. The van der Waals surface area contributed by atoms with Crippen LogP contribution >= 0.6 is 0 Å². The van der Waals surface area contributed by atoms with Gasteiger partial charge in [0, 0.05) is 32.7 Å². The van der Waals surface area contributed by atoms with Gasteiger partial charge in [-0.1, -0.05) is 26.0 Å². The van der Waals surface area contributed by atoms with Crippen molar-refractivity contribution in [2.75, 3.05) is 26.7 Å². The highest BCUT2D eigenvalue weighted by Gasteiger charge is 2.58. The molecule has 3 aromatic rings. The third kappa shape index (κ3) is 6.95. The first kappa shape index (κ1) is 32.7. The van der Waals surface area contributed by atoms with Crippen molar-refractivity contribution in [3.05, 3.63) is 59.0 Å². The number of aliphatic hydroxyl groups is 3. The first-order chi connectivity index (χ1) is 20.8. The highest BCUT2D eigenvalue weighted by molar-refractivity contribution is 5.82. The summed E-state index contributed by atoms with van der Waals surface area (Å²) in [5.41, 5.74) is 4.02. The van der Waals surface area contributed by atoms with E-state index in [1.807, 2.05) is 13.8 Å². The Morgan fingerprint density at radius 2 is 1.86 bits per heavy atom. The molecule has 0 aliphatic carbocycles. The molecule has 9 N–H and O–H groups in total. The van der Waals surface area contributed by atoms with Crippen molar-refractivity contribution in [3.8, 4) is 22.6 Å². The van der Waals surface area contributed by atoms with Crippen molar-refractivity contribution in [2.45, 2.75) is 44.1 Å². The van der Waals surface area contributed by atoms with Gasteiger partial charge in [0.1, 0.15) is 35.6 Å². The third-order valence-corrected chi connectivity index (χ3v) is 7.78. The molecule has 0 saturated carbocycles. The van der Waals surface area contributed by atoms with Gasteiger partial charge in [0.25, 0.3) is 0 Å². The maximum atomic E-state index is 13.2. The summed E-state index contributed by atoms with van der Waals surface area (Å²) < 4.78 is 17.0. The Bertz CT molecular complexity index is 1540. The molecule has 1 aliphatic heterocycles. The number of nitrogens with one attached hydrogen (secondary N) is 2. The Hall–Kier alpha value is -4.21. The van der Waals surface area contributed by atoms with Crippen LogP contribution in [-0.2, 0) is 9.53 Å². The summed E-state index contributed by atoms with van der Waals surface area (Å²) in [6.45, 7) is 4.46. The van der Waals surface area contributed by atoms with E-state index >= 15 is 0 Å². The molecular formula is C30H38N4O10. The van der Waals surface area contributed by atoms with Crippen LogP contribution in [-0.4, -0.2) is 94.3 Å². The molecule has 0 amide bonds. The lowest BCUT2D eigenvalue weighted by molar-refractivity contribution is -0.311. The van der Waals surface area contributed by atoms with Crippen LogP contribution in [0, 0.1) is 11.8 Å². The predicted octanol–water partition coefficient (Wildman–Crippen LogP) is 0.203. The largest absolute Gasteiger partial charge is 0.508 e. The Morgan fingerprint density at radius 1 is 1.16 bits per heavy atom. The number of aromatic hydroxyl groups is 1. The lowest BCUT2D eigenvalue weighted by Crippen LogP contribution is -2.71. The number of hydrogen-bond acceptors (Lipinski definition) is 11. The minimum atomic E-state index is -2.30. The van der Waals surface area contributed by atoms with Gasteiger partial charge in [0.05, 0.1) is 10.9 Å². The SMILES string of the molecule is CN=C(N)NC[C@H](CNC[C@]1(O)[C@H](Oc2ccc3c(=O)c(-c4ccc(O)cc4)coc3c2)O[C@H](C(=O)O)[C@@H](O)[C@@H]1O)C(C)C. The van der Waals surface area contributed by atoms with Crippen molar-refractivity contribution < 1.29 is 44.2 Å². The smallest absolute Gasteiger partial charge is 0.335 e. The number of carboxylic acid groups (broad SMARTS) is 1. The van der Waals surface area contributed by atoms with E-state index in [4.69, 9.17) is 19.6 Å². The van der Waals surface area contributed by atoms with Crippen LogP contribution in [0.15, 0.2) is 62.9 Å². The fraction of sp³-hybridized carbons (Fsp3) is 0.433. The first-order valence-electron chi connectivity index (χ1n) is 14.0. The summed E-state index contributed by atoms with van der Waals surface area (Å²) in [5.74, 6) is -1.03. The zero-order valence-corrected chi connectivity index (χ0v) is 24.5. The molecular weight excluding hydrogens is 576 g/mol. The number of benzene rings is 2. The number of nitrogens with zero attached hydrogens (tertiary/aromatic N) is 1. The van der Waals surface area contributed by atoms with Gasteiger partial charge in [-0.25, -0.2) is 4.79 Å². The average Bonchev–Trinajstić information content (AvgIpc) is 2.99. The van der Waals surface area contributed by atoms with E-state index in [0.717, 1.165) is 0 Å². The molecule has 4 rings (SSSR count). The number of ether oxygens (including phenoxy) is 2. The van der Waals surface area contributed by atoms with E-state index < -0.39 is 36.2 Å². The molecule has 2 heterocycles. The summed E-state index contributed by atoms with van der Waals surface area (Å²) in [6, 6.07) is 10.3. The molecule has 0 spiro atoms. The number of fused-ring (bicyclic) bond motifs is 1. The van der Waals surface area contributed by atoms with E-state index in [0.29, 0.717) is 18.7 Å². The predicted molar refractivity (Wildman–Crippen MR) is 160 cm³/mol. The molecule has 0 radical (unpaired) electrons. The van der Waals surface area contributed by atoms with E-state index in [-0.39, 0.29) is 57.8 Å². The number of carboxylic acids is 1. The normalized spacial score (nSPS) is 24.8. The number of phenols is 1. The molecule has 44 heavy (non-hydrogen) atoms. The second-order valence-electron chi connectivity index (χ2n) is 11.1. The number of aliphatic imine (C=N–C) groups is 1. The van der Waals surface area contributed by atoms with Gasteiger partial charge < -0.3 is 55.8 Å². The molecule has 2 aromatic carbocycles. The van der Waals surface area contributed by atoms with E-state index in [2.05, 4.69) is 15.6 Å². The lowest BCUT2D eigenvalue weighted by atomic mass is 9.85. The Kier molecular flexibility index (Phi) is 10.1. The number of aliphatic hydroxyl groups excluding tert-OH is 2. The average molecular weight is 615 g/mol. The van der Waals surface area contributed by atoms with E-state index in [9.17, 15) is 35.1 Å². The minimum absolute atomic E-state index is 0.00599.